The van der Waals surface area contributed by atoms with E-state index in [2.05, 4.69) is 34.6 Å². The normalized spacial score (nSPS) is 15.6. The lowest BCUT2D eigenvalue weighted by Crippen LogP contribution is -2.37. The smallest absolute Gasteiger partial charge is 0.191 e. The van der Waals surface area contributed by atoms with E-state index in [-0.39, 0.29) is 24.0 Å². The fourth-order valence-corrected chi connectivity index (χ4v) is 3.14. The molecule has 0 radical (unpaired) electrons. The van der Waals surface area contributed by atoms with Gasteiger partial charge in [0.25, 0.3) is 0 Å². The maximum atomic E-state index is 5.33. The summed E-state index contributed by atoms with van der Waals surface area (Å²) < 4.78 is 5.33. The van der Waals surface area contributed by atoms with Crippen molar-refractivity contribution >= 4 is 29.9 Å². The molecule has 2 N–H and O–H groups in total. The molecule has 1 aromatic heterocycles. The first-order chi connectivity index (χ1) is 11.2. The number of rotatable bonds is 8. The Morgan fingerprint density at radius 3 is 2.67 bits per heavy atom. The summed E-state index contributed by atoms with van der Waals surface area (Å²) in [5.41, 5.74) is 0.997. The molecule has 6 heteroatoms. The zero-order valence-corrected chi connectivity index (χ0v) is 17.6. The third-order valence-electron chi connectivity index (χ3n) is 4.63. The van der Waals surface area contributed by atoms with Crippen LogP contribution in [-0.4, -0.2) is 24.7 Å². The summed E-state index contributed by atoms with van der Waals surface area (Å²) in [5, 5.41) is 10.7. The number of halogens is 1. The molecule has 0 unspecified atom stereocenters. The zero-order chi connectivity index (χ0) is 16.5. The lowest BCUT2D eigenvalue weighted by atomic mass is 10.0. The number of unbranched alkanes of at least 4 members (excludes halogenated alkanes) is 1. The second kappa shape index (κ2) is 11.7. The molecule has 0 aromatic carbocycles. The third-order valence-corrected chi connectivity index (χ3v) is 4.63. The minimum absolute atomic E-state index is 0. The van der Waals surface area contributed by atoms with Crippen molar-refractivity contribution in [3.05, 3.63) is 17.5 Å². The molecule has 0 saturated heterocycles. The van der Waals surface area contributed by atoms with Gasteiger partial charge in [0.1, 0.15) is 0 Å². The van der Waals surface area contributed by atoms with Gasteiger partial charge in [-0.25, -0.2) is 0 Å². The van der Waals surface area contributed by atoms with Crippen LogP contribution in [0, 0.1) is 5.92 Å². The van der Waals surface area contributed by atoms with Crippen LogP contribution >= 0.6 is 24.0 Å². The Labute approximate surface area is 163 Å². The monoisotopic (exact) mass is 448 g/mol. The van der Waals surface area contributed by atoms with E-state index >= 15 is 0 Å². The molecule has 1 aliphatic carbocycles. The van der Waals surface area contributed by atoms with Crippen LogP contribution in [0.3, 0.4) is 0 Å². The van der Waals surface area contributed by atoms with Crippen LogP contribution in [0.25, 0.3) is 0 Å². The molecule has 0 atom stereocenters. The molecule has 1 aliphatic rings. The molecule has 0 bridgehead atoms. The van der Waals surface area contributed by atoms with Gasteiger partial charge in [-0.05, 0) is 18.3 Å². The number of hydrogen-bond acceptors (Lipinski definition) is 3. The van der Waals surface area contributed by atoms with Gasteiger partial charge in [0.05, 0.1) is 12.2 Å². The second-order valence-electron chi connectivity index (χ2n) is 6.87. The number of nitrogens with one attached hydrogen (secondary N) is 2. The molecule has 0 aliphatic heterocycles. The molecule has 5 nitrogen and oxygen atoms in total. The van der Waals surface area contributed by atoms with Crippen molar-refractivity contribution in [2.75, 3.05) is 13.6 Å². The number of aliphatic imine (C=N–C) groups is 1. The molecule has 24 heavy (non-hydrogen) atoms. The molecular formula is C18H33IN4O. The van der Waals surface area contributed by atoms with Gasteiger partial charge in [-0.2, -0.15) is 0 Å². The minimum atomic E-state index is 0. The average Bonchev–Trinajstić information content (AvgIpc) is 3.21. The summed E-state index contributed by atoms with van der Waals surface area (Å²) in [6.45, 7) is 5.81. The molecule has 1 fully saturated rings. The Bertz CT molecular complexity index is 481. The molecule has 2 rings (SSSR count). The summed E-state index contributed by atoms with van der Waals surface area (Å²) in [7, 11) is 1.80. The van der Waals surface area contributed by atoms with Crippen molar-refractivity contribution in [1.82, 2.24) is 15.8 Å². The van der Waals surface area contributed by atoms with Crippen LogP contribution in [0.5, 0.6) is 0 Å². The quantitative estimate of drug-likeness (QED) is 0.267. The first-order valence-corrected chi connectivity index (χ1v) is 9.09. The van der Waals surface area contributed by atoms with Crippen LogP contribution in [0.2, 0.25) is 0 Å². The van der Waals surface area contributed by atoms with E-state index in [0.717, 1.165) is 29.9 Å². The summed E-state index contributed by atoms with van der Waals surface area (Å²) in [4.78, 5) is 4.25. The topological polar surface area (TPSA) is 62.5 Å². The van der Waals surface area contributed by atoms with Gasteiger partial charge in [-0.15, -0.1) is 24.0 Å². The van der Waals surface area contributed by atoms with Gasteiger partial charge < -0.3 is 15.2 Å². The lowest BCUT2D eigenvalue weighted by Gasteiger charge is -2.12. The average molecular weight is 448 g/mol. The van der Waals surface area contributed by atoms with E-state index in [9.17, 15) is 0 Å². The van der Waals surface area contributed by atoms with Gasteiger partial charge >= 0.3 is 0 Å². The molecule has 1 heterocycles. The first-order valence-electron chi connectivity index (χ1n) is 9.09. The van der Waals surface area contributed by atoms with Crippen molar-refractivity contribution in [1.29, 1.82) is 0 Å². The van der Waals surface area contributed by atoms with Crippen molar-refractivity contribution in [2.45, 2.75) is 71.3 Å². The Hall–Kier alpha value is -0.790. The van der Waals surface area contributed by atoms with Crippen molar-refractivity contribution < 1.29 is 4.52 Å². The molecule has 0 amide bonds. The van der Waals surface area contributed by atoms with E-state index in [4.69, 9.17) is 4.52 Å². The number of hydrogen-bond donors (Lipinski definition) is 2. The van der Waals surface area contributed by atoms with E-state index < -0.39 is 0 Å². The highest BCUT2D eigenvalue weighted by molar-refractivity contribution is 14.0. The largest absolute Gasteiger partial charge is 0.359 e. The van der Waals surface area contributed by atoms with Crippen molar-refractivity contribution in [3.8, 4) is 0 Å². The number of aromatic nitrogens is 1. The summed E-state index contributed by atoms with van der Waals surface area (Å²) in [5.74, 6) is 3.06. The maximum absolute atomic E-state index is 5.33. The predicted molar refractivity (Wildman–Crippen MR) is 110 cm³/mol. The fraction of sp³-hybridized carbons (Fsp3) is 0.778. The third kappa shape index (κ3) is 7.40. The van der Waals surface area contributed by atoms with E-state index in [1.165, 1.54) is 44.9 Å². The number of nitrogens with zero attached hydrogens (tertiary/aromatic N) is 2. The van der Waals surface area contributed by atoms with E-state index in [1.54, 1.807) is 7.05 Å². The second-order valence-corrected chi connectivity index (χ2v) is 6.87. The van der Waals surface area contributed by atoms with Crippen LogP contribution in [-0.2, 0) is 6.54 Å². The summed E-state index contributed by atoms with van der Waals surface area (Å²) in [6.07, 6.45) is 9.70. The highest BCUT2D eigenvalue weighted by Crippen LogP contribution is 2.28. The maximum Gasteiger partial charge on any atom is 0.191 e. The van der Waals surface area contributed by atoms with Crippen LogP contribution in [0.4, 0.5) is 0 Å². The van der Waals surface area contributed by atoms with E-state index in [1.807, 2.05) is 6.07 Å². The molecule has 138 valence electrons. The SMILES string of the molecule is CN=C(NCCCCC1CCCC1)NCc1cc(C(C)C)no1.I. The molecular weight excluding hydrogens is 415 g/mol. The Balaban J connectivity index is 0.00000288. The first kappa shape index (κ1) is 21.3. The predicted octanol–water partition coefficient (Wildman–Crippen LogP) is 4.44. The van der Waals surface area contributed by atoms with Crippen LogP contribution < -0.4 is 10.6 Å². The van der Waals surface area contributed by atoms with Crippen LogP contribution in [0.1, 0.15) is 76.2 Å². The highest BCUT2D eigenvalue weighted by atomic mass is 127. The lowest BCUT2D eigenvalue weighted by molar-refractivity contribution is 0.372. The Morgan fingerprint density at radius 1 is 1.29 bits per heavy atom. The van der Waals surface area contributed by atoms with Gasteiger partial charge in [-0.3, -0.25) is 4.99 Å². The standard InChI is InChI=1S/C18H32N4O.HI/c1-14(2)17-12-16(23-22-17)13-21-18(19-3)20-11-7-6-10-15-8-4-5-9-15;/h12,14-15H,4-11,13H2,1-3H3,(H2,19,20,21);1H. The minimum Gasteiger partial charge on any atom is -0.359 e. The Kier molecular flexibility index (Phi) is 10.4. The number of guanidine groups is 1. The summed E-state index contributed by atoms with van der Waals surface area (Å²) >= 11 is 0. The molecule has 1 saturated carbocycles. The summed E-state index contributed by atoms with van der Waals surface area (Å²) in [6, 6.07) is 2.01. The van der Waals surface area contributed by atoms with Gasteiger partial charge in [0.15, 0.2) is 11.7 Å². The fourth-order valence-electron chi connectivity index (χ4n) is 3.14. The van der Waals surface area contributed by atoms with Gasteiger partial charge in [0, 0.05) is 19.7 Å². The van der Waals surface area contributed by atoms with Crippen LogP contribution in [0.15, 0.2) is 15.6 Å². The van der Waals surface area contributed by atoms with Gasteiger partial charge in [-0.1, -0.05) is 57.5 Å². The molecule has 0 spiro atoms. The molecule has 1 aromatic rings. The van der Waals surface area contributed by atoms with E-state index in [0.29, 0.717) is 12.5 Å². The highest BCUT2D eigenvalue weighted by Gasteiger charge is 2.14. The van der Waals surface area contributed by atoms with Gasteiger partial charge in [0.2, 0.25) is 0 Å². The zero-order valence-electron chi connectivity index (χ0n) is 15.3. The Morgan fingerprint density at radius 2 is 2.04 bits per heavy atom. The van der Waals surface area contributed by atoms with Crippen molar-refractivity contribution in [3.63, 3.8) is 0 Å². The van der Waals surface area contributed by atoms with Crippen molar-refractivity contribution in [2.24, 2.45) is 10.9 Å².